The van der Waals surface area contributed by atoms with Gasteiger partial charge in [-0.2, -0.15) is 0 Å². The highest BCUT2D eigenvalue weighted by molar-refractivity contribution is 5.89. The monoisotopic (exact) mass is 192 g/mol. The topological polar surface area (TPSA) is 17.1 Å². The molecule has 0 aliphatic heterocycles. The zero-order valence-electron chi connectivity index (χ0n) is 8.16. The molecule has 2 unspecified atom stereocenters. The van der Waals surface area contributed by atoms with E-state index in [9.17, 15) is 9.18 Å². The summed E-state index contributed by atoms with van der Waals surface area (Å²) < 4.78 is 13.4. The van der Waals surface area contributed by atoms with Crippen LogP contribution >= 0.6 is 0 Å². The fourth-order valence-corrected chi connectivity index (χ4v) is 2.19. The van der Waals surface area contributed by atoms with E-state index < -0.39 is 0 Å². The van der Waals surface area contributed by atoms with Gasteiger partial charge in [-0.25, -0.2) is 4.39 Å². The van der Waals surface area contributed by atoms with E-state index in [0.29, 0.717) is 12.0 Å². The zero-order valence-corrected chi connectivity index (χ0v) is 8.16. The molecule has 1 fully saturated rings. The summed E-state index contributed by atoms with van der Waals surface area (Å²) in [6.07, 6.45) is 1.33. The largest absolute Gasteiger partial charge is 0.299 e. The van der Waals surface area contributed by atoms with Crippen molar-refractivity contribution in [3.8, 4) is 0 Å². The lowest BCUT2D eigenvalue weighted by atomic mass is 9.67. The van der Waals surface area contributed by atoms with Gasteiger partial charge in [-0.05, 0) is 18.1 Å². The number of ketones is 1. The van der Waals surface area contributed by atoms with Crippen LogP contribution in [-0.4, -0.2) is 5.78 Å². The number of rotatable bonds is 2. The average Bonchev–Trinajstić information content (AvgIpc) is 2.16. The first-order valence-corrected chi connectivity index (χ1v) is 5.01. The molecule has 0 heterocycles. The SMILES string of the molecule is CCC1C(=O)CC1c1ccccc1F. The summed E-state index contributed by atoms with van der Waals surface area (Å²) in [6.45, 7) is 1.98. The van der Waals surface area contributed by atoms with E-state index >= 15 is 0 Å². The van der Waals surface area contributed by atoms with E-state index in [0.717, 1.165) is 6.42 Å². The lowest BCUT2D eigenvalue weighted by Crippen LogP contribution is -2.35. The molecule has 2 heteroatoms. The summed E-state index contributed by atoms with van der Waals surface area (Å²) in [7, 11) is 0. The molecule has 74 valence electrons. The third kappa shape index (κ3) is 1.35. The highest BCUT2D eigenvalue weighted by Crippen LogP contribution is 2.42. The molecule has 0 aromatic heterocycles. The molecule has 0 N–H and O–H groups in total. The van der Waals surface area contributed by atoms with Crippen molar-refractivity contribution in [3.05, 3.63) is 35.6 Å². The van der Waals surface area contributed by atoms with Crippen LogP contribution in [0, 0.1) is 11.7 Å². The molecule has 1 aliphatic rings. The van der Waals surface area contributed by atoms with E-state index in [2.05, 4.69) is 0 Å². The van der Waals surface area contributed by atoms with Crippen LogP contribution in [0.3, 0.4) is 0 Å². The van der Waals surface area contributed by atoms with Crippen molar-refractivity contribution in [2.75, 3.05) is 0 Å². The Bertz CT molecular complexity index is 359. The summed E-state index contributed by atoms with van der Waals surface area (Å²) in [5, 5.41) is 0. The average molecular weight is 192 g/mol. The number of halogens is 1. The van der Waals surface area contributed by atoms with Gasteiger partial charge in [-0.15, -0.1) is 0 Å². The highest BCUT2D eigenvalue weighted by Gasteiger charge is 2.39. The summed E-state index contributed by atoms with van der Waals surface area (Å²) >= 11 is 0. The predicted octanol–water partition coefficient (Wildman–Crippen LogP) is 2.91. The van der Waals surface area contributed by atoms with E-state index in [4.69, 9.17) is 0 Å². The predicted molar refractivity (Wildman–Crippen MR) is 52.5 cm³/mol. The second-order valence-electron chi connectivity index (χ2n) is 3.81. The van der Waals surface area contributed by atoms with Crippen LogP contribution in [0.25, 0.3) is 0 Å². The Morgan fingerprint density at radius 2 is 2.14 bits per heavy atom. The van der Waals surface area contributed by atoms with Crippen molar-refractivity contribution >= 4 is 5.78 Å². The Morgan fingerprint density at radius 3 is 2.71 bits per heavy atom. The van der Waals surface area contributed by atoms with Gasteiger partial charge in [0.2, 0.25) is 0 Å². The molecular weight excluding hydrogens is 179 g/mol. The minimum Gasteiger partial charge on any atom is -0.299 e. The molecule has 1 aromatic carbocycles. The smallest absolute Gasteiger partial charge is 0.137 e. The molecule has 1 aromatic rings. The first-order chi connectivity index (χ1) is 6.74. The molecule has 0 spiro atoms. The molecule has 2 atom stereocenters. The normalized spacial score (nSPS) is 26.0. The minimum absolute atomic E-state index is 0.0481. The fraction of sp³-hybridized carbons (Fsp3) is 0.417. The molecular formula is C12H13FO. The van der Waals surface area contributed by atoms with Gasteiger partial charge >= 0.3 is 0 Å². The van der Waals surface area contributed by atoms with Crippen LogP contribution in [0.5, 0.6) is 0 Å². The molecule has 0 amide bonds. The number of Topliss-reactive ketones (excluding diaryl/α,β-unsaturated/α-hetero) is 1. The molecule has 0 saturated heterocycles. The van der Waals surface area contributed by atoms with E-state index in [1.807, 2.05) is 13.0 Å². The lowest BCUT2D eigenvalue weighted by molar-refractivity contribution is -0.131. The van der Waals surface area contributed by atoms with Crippen LogP contribution in [0.15, 0.2) is 24.3 Å². The summed E-state index contributed by atoms with van der Waals surface area (Å²) in [4.78, 5) is 11.2. The van der Waals surface area contributed by atoms with E-state index in [1.165, 1.54) is 6.07 Å². The van der Waals surface area contributed by atoms with E-state index in [-0.39, 0.29) is 23.4 Å². The Balaban J connectivity index is 2.25. The second kappa shape index (κ2) is 3.52. The maximum atomic E-state index is 13.4. The summed E-state index contributed by atoms with van der Waals surface area (Å²) in [5.74, 6) is 0.268. The standard InChI is InChI=1S/C12H13FO/c1-2-8-10(7-12(8)14)9-5-3-4-6-11(9)13/h3-6,8,10H,2,7H2,1H3. The summed E-state index contributed by atoms with van der Waals surface area (Å²) in [5.41, 5.74) is 0.707. The van der Waals surface area contributed by atoms with Crippen LogP contribution in [0.1, 0.15) is 31.2 Å². The Hall–Kier alpha value is -1.18. The second-order valence-corrected chi connectivity index (χ2v) is 3.81. The van der Waals surface area contributed by atoms with Gasteiger partial charge in [-0.3, -0.25) is 4.79 Å². The van der Waals surface area contributed by atoms with Gasteiger partial charge in [0.15, 0.2) is 0 Å². The Morgan fingerprint density at radius 1 is 1.43 bits per heavy atom. The Labute approximate surface area is 82.9 Å². The number of hydrogen-bond donors (Lipinski definition) is 0. The molecule has 1 saturated carbocycles. The van der Waals surface area contributed by atoms with Gasteiger partial charge in [0.05, 0.1) is 0 Å². The van der Waals surface area contributed by atoms with Crippen molar-refractivity contribution in [1.29, 1.82) is 0 Å². The van der Waals surface area contributed by atoms with Crippen molar-refractivity contribution in [2.45, 2.75) is 25.7 Å². The summed E-state index contributed by atoms with van der Waals surface area (Å²) in [6, 6.07) is 6.76. The van der Waals surface area contributed by atoms with Crippen molar-refractivity contribution in [1.82, 2.24) is 0 Å². The van der Waals surface area contributed by atoms with Crippen molar-refractivity contribution < 1.29 is 9.18 Å². The van der Waals surface area contributed by atoms with Gasteiger partial charge in [0, 0.05) is 18.3 Å². The zero-order chi connectivity index (χ0) is 10.1. The number of hydrogen-bond acceptors (Lipinski definition) is 1. The maximum absolute atomic E-state index is 13.4. The van der Waals surface area contributed by atoms with Gasteiger partial charge in [-0.1, -0.05) is 25.1 Å². The number of benzene rings is 1. The van der Waals surface area contributed by atoms with E-state index in [1.54, 1.807) is 12.1 Å². The molecule has 2 rings (SSSR count). The Kier molecular flexibility index (Phi) is 2.36. The quantitative estimate of drug-likeness (QED) is 0.704. The van der Waals surface area contributed by atoms with Crippen LogP contribution < -0.4 is 0 Å². The third-order valence-corrected chi connectivity index (χ3v) is 3.06. The molecule has 0 bridgehead atoms. The van der Waals surface area contributed by atoms with Crippen LogP contribution in [0.2, 0.25) is 0 Å². The fourth-order valence-electron chi connectivity index (χ4n) is 2.19. The highest BCUT2D eigenvalue weighted by atomic mass is 19.1. The van der Waals surface area contributed by atoms with Gasteiger partial charge < -0.3 is 0 Å². The molecule has 1 nitrogen and oxygen atoms in total. The number of carbonyl (C=O) groups is 1. The first kappa shape index (κ1) is 9.38. The lowest BCUT2D eigenvalue weighted by Gasteiger charge is -2.34. The maximum Gasteiger partial charge on any atom is 0.137 e. The number of carbonyl (C=O) groups excluding carboxylic acids is 1. The first-order valence-electron chi connectivity index (χ1n) is 5.01. The minimum atomic E-state index is -0.177. The van der Waals surface area contributed by atoms with Crippen molar-refractivity contribution in [2.24, 2.45) is 5.92 Å². The van der Waals surface area contributed by atoms with Gasteiger partial charge in [0.1, 0.15) is 11.6 Å². The third-order valence-electron chi connectivity index (χ3n) is 3.06. The van der Waals surface area contributed by atoms with Gasteiger partial charge in [0.25, 0.3) is 0 Å². The molecule has 0 radical (unpaired) electrons. The van der Waals surface area contributed by atoms with Crippen molar-refractivity contribution in [3.63, 3.8) is 0 Å². The molecule has 14 heavy (non-hydrogen) atoms. The van der Waals surface area contributed by atoms with Crippen LogP contribution in [-0.2, 0) is 4.79 Å². The molecule has 1 aliphatic carbocycles. The van der Waals surface area contributed by atoms with Crippen LogP contribution in [0.4, 0.5) is 4.39 Å².